The lowest BCUT2D eigenvalue weighted by Gasteiger charge is -2.20. The van der Waals surface area contributed by atoms with Crippen LogP contribution in [0.25, 0.3) is 0 Å². The highest BCUT2D eigenvalue weighted by Gasteiger charge is 2.32. The van der Waals surface area contributed by atoms with Gasteiger partial charge in [0.05, 0.1) is 5.25 Å². The Morgan fingerprint density at radius 2 is 1.71 bits per heavy atom. The van der Waals surface area contributed by atoms with Crippen LogP contribution in [0, 0.1) is 18.6 Å². The summed E-state index contributed by atoms with van der Waals surface area (Å²) in [5, 5.41) is -0.727. The minimum absolute atomic E-state index is 0.0668. The molecule has 0 amide bonds. The summed E-state index contributed by atoms with van der Waals surface area (Å²) in [5.41, 5.74) is 0.421. The molecule has 1 unspecified atom stereocenters. The van der Waals surface area contributed by atoms with Crippen molar-refractivity contribution >= 4 is 27.7 Å². The highest BCUT2D eigenvalue weighted by Crippen LogP contribution is 2.43. The predicted octanol–water partition coefficient (Wildman–Crippen LogP) is 6.73. The second kappa shape index (κ2) is 8.16. The van der Waals surface area contributed by atoms with Crippen molar-refractivity contribution in [2.24, 2.45) is 0 Å². The fraction of sp³-hybridized carbons (Fsp3) is 0.158. The number of nitrogens with zero attached hydrogens (tertiary/aromatic N) is 2. The van der Waals surface area contributed by atoms with E-state index in [0.29, 0.717) is 15.1 Å². The maximum absolute atomic E-state index is 14.5. The highest BCUT2D eigenvalue weighted by molar-refractivity contribution is 9.10. The van der Waals surface area contributed by atoms with Gasteiger partial charge in [-0.3, -0.25) is 4.98 Å². The average Bonchev–Trinajstić information content (AvgIpc) is 2.62. The molecule has 9 heteroatoms. The molecular formula is C19H12BrF5N2S. The second-order valence-corrected chi connectivity index (χ2v) is 7.90. The molecule has 3 rings (SSSR count). The van der Waals surface area contributed by atoms with E-state index in [4.69, 9.17) is 0 Å². The van der Waals surface area contributed by atoms with Crippen molar-refractivity contribution in [3.8, 4) is 0 Å². The largest absolute Gasteiger partial charge is 0.433 e. The van der Waals surface area contributed by atoms with Crippen LogP contribution in [0.1, 0.15) is 27.6 Å². The number of thioether (sulfide) groups is 1. The van der Waals surface area contributed by atoms with Gasteiger partial charge in [-0.2, -0.15) is 13.2 Å². The lowest BCUT2D eigenvalue weighted by Crippen LogP contribution is -2.07. The van der Waals surface area contributed by atoms with Crippen LogP contribution in [0.15, 0.2) is 58.3 Å². The maximum Gasteiger partial charge on any atom is 0.433 e. The van der Waals surface area contributed by atoms with E-state index in [9.17, 15) is 22.0 Å². The van der Waals surface area contributed by atoms with E-state index in [-0.39, 0.29) is 5.56 Å². The summed E-state index contributed by atoms with van der Waals surface area (Å²) in [7, 11) is 0. The minimum Gasteiger partial charge on any atom is -0.251 e. The van der Waals surface area contributed by atoms with Crippen molar-refractivity contribution in [3.05, 3.63) is 87.4 Å². The molecule has 0 aliphatic carbocycles. The molecule has 0 aliphatic heterocycles. The average molecular weight is 475 g/mol. The third kappa shape index (κ3) is 4.70. The van der Waals surface area contributed by atoms with Gasteiger partial charge < -0.3 is 0 Å². The fourth-order valence-electron chi connectivity index (χ4n) is 2.57. The van der Waals surface area contributed by atoms with Crippen LogP contribution in [-0.2, 0) is 6.18 Å². The number of hydrogen-bond acceptors (Lipinski definition) is 3. The summed E-state index contributed by atoms with van der Waals surface area (Å²) < 4.78 is 67.0. The van der Waals surface area contributed by atoms with E-state index >= 15 is 0 Å². The van der Waals surface area contributed by atoms with Crippen LogP contribution in [0.3, 0.4) is 0 Å². The van der Waals surface area contributed by atoms with E-state index in [1.54, 1.807) is 13.0 Å². The summed E-state index contributed by atoms with van der Waals surface area (Å²) in [5.74, 6) is -1.24. The van der Waals surface area contributed by atoms with Gasteiger partial charge >= 0.3 is 6.18 Å². The molecule has 2 nitrogen and oxygen atoms in total. The zero-order valence-corrected chi connectivity index (χ0v) is 16.7. The Hall–Kier alpha value is -2.00. The van der Waals surface area contributed by atoms with Crippen LogP contribution < -0.4 is 0 Å². The molecule has 2 aromatic heterocycles. The number of pyridine rings is 2. The summed E-state index contributed by atoms with van der Waals surface area (Å²) >= 11 is 4.32. The van der Waals surface area contributed by atoms with Crippen LogP contribution >= 0.6 is 27.7 Å². The Kier molecular flexibility index (Phi) is 6.04. The predicted molar refractivity (Wildman–Crippen MR) is 100.0 cm³/mol. The minimum atomic E-state index is -4.55. The van der Waals surface area contributed by atoms with Gasteiger partial charge in [0, 0.05) is 22.9 Å². The van der Waals surface area contributed by atoms with E-state index in [2.05, 4.69) is 25.9 Å². The molecule has 2 heterocycles. The number of aryl methyl sites for hydroxylation is 1. The highest BCUT2D eigenvalue weighted by atomic mass is 79.9. The third-order valence-corrected chi connectivity index (χ3v) is 5.61. The number of aromatic nitrogens is 2. The van der Waals surface area contributed by atoms with Crippen molar-refractivity contribution in [2.45, 2.75) is 23.2 Å². The van der Waals surface area contributed by atoms with Crippen molar-refractivity contribution in [1.82, 2.24) is 9.97 Å². The Morgan fingerprint density at radius 3 is 2.32 bits per heavy atom. The maximum atomic E-state index is 14.5. The van der Waals surface area contributed by atoms with E-state index < -0.39 is 28.8 Å². The molecule has 1 aromatic carbocycles. The van der Waals surface area contributed by atoms with Crippen LogP contribution in [0.2, 0.25) is 0 Å². The third-order valence-electron chi connectivity index (χ3n) is 3.92. The monoisotopic (exact) mass is 474 g/mol. The molecule has 0 saturated carbocycles. The zero-order chi connectivity index (χ0) is 20.5. The van der Waals surface area contributed by atoms with Crippen LogP contribution in [0.4, 0.5) is 22.0 Å². The molecule has 1 atom stereocenters. The van der Waals surface area contributed by atoms with Crippen molar-refractivity contribution < 1.29 is 22.0 Å². The molecule has 0 aliphatic rings. The standard InChI is InChI=1S/C19H12BrF5N2S/c1-10-6-17(20)27-9-14(10)18(13-7-11(21)2-4-15(13)22)28-12-3-5-16(26-8-12)19(23,24)25/h2-9,18H,1H3. The molecule has 0 saturated heterocycles. The number of rotatable bonds is 4. The smallest absolute Gasteiger partial charge is 0.251 e. The van der Waals surface area contributed by atoms with Gasteiger partial charge in [0.15, 0.2) is 0 Å². The van der Waals surface area contributed by atoms with E-state index in [1.807, 2.05) is 0 Å². The summed E-state index contributed by atoms with van der Waals surface area (Å²) in [6.45, 7) is 1.79. The molecule has 146 valence electrons. The van der Waals surface area contributed by atoms with Gasteiger partial charge in [-0.15, -0.1) is 11.8 Å². The fourth-order valence-corrected chi connectivity index (χ4v) is 4.23. The summed E-state index contributed by atoms with van der Waals surface area (Å²) in [6, 6.07) is 6.94. The molecular weight excluding hydrogens is 463 g/mol. The van der Waals surface area contributed by atoms with Crippen molar-refractivity contribution in [2.75, 3.05) is 0 Å². The molecule has 0 bridgehead atoms. The number of alkyl halides is 3. The Balaban J connectivity index is 2.05. The van der Waals surface area contributed by atoms with E-state index in [0.717, 1.165) is 47.8 Å². The zero-order valence-electron chi connectivity index (χ0n) is 14.3. The van der Waals surface area contributed by atoms with Gasteiger partial charge in [0.2, 0.25) is 0 Å². The molecule has 0 N–H and O–H groups in total. The first-order chi connectivity index (χ1) is 13.1. The first-order valence-corrected chi connectivity index (χ1v) is 9.59. The van der Waals surface area contributed by atoms with Gasteiger partial charge in [0.25, 0.3) is 0 Å². The lowest BCUT2D eigenvalue weighted by atomic mass is 10.0. The Labute approximate surface area is 170 Å². The summed E-state index contributed by atoms with van der Waals surface area (Å²) in [4.78, 5) is 7.96. The SMILES string of the molecule is Cc1cc(Br)ncc1C(Sc1ccc(C(F)(F)F)nc1)c1cc(F)ccc1F. The van der Waals surface area contributed by atoms with Crippen LogP contribution in [-0.4, -0.2) is 9.97 Å². The number of hydrogen-bond donors (Lipinski definition) is 0. The van der Waals surface area contributed by atoms with Gasteiger partial charge in [0.1, 0.15) is 21.9 Å². The number of benzene rings is 1. The molecule has 0 spiro atoms. The number of halogens is 6. The Bertz CT molecular complexity index is 993. The first-order valence-electron chi connectivity index (χ1n) is 7.92. The van der Waals surface area contributed by atoms with Crippen molar-refractivity contribution in [1.29, 1.82) is 0 Å². The normalized spacial score (nSPS) is 12.8. The van der Waals surface area contributed by atoms with Gasteiger partial charge in [-0.05, 0) is 70.4 Å². The van der Waals surface area contributed by atoms with Crippen LogP contribution in [0.5, 0.6) is 0 Å². The molecule has 0 radical (unpaired) electrons. The lowest BCUT2D eigenvalue weighted by molar-refractivity contribution is -0.141. The second-order valence-electron chi connectivity index (χ2n) is 5.90. The Morgan fingerprint density at radius 1 is 0.964 bits per heavy atom. The molecule has 28 heavy (non-hydrogen) atoms. The molecule has 3 aromatic rings. The quantitative estimate of drug-likeness (QED) is 0.238. The van der Waals surface area contributed by atoms with Crippen molar-refractivity contribution in [3.63, 3.8) is 0 Å². The van der Waals surface area contributed by atoms with Gasteiger partial charge in [-0.25, -0.2) is 13.8 Å². The molecule has 0 fully saturated rings. The van der Waals surface area contributed by atoms with Gasteiger partial charge in [-0.1, -0.05) is 0 Å². The summed E-state index contributed by atoms with van der Waals surface area (Å²) in [6.07, 6.45) is -1.96. The van der Waals surface area contributed by atoms with E-state index in [1.165, 1.54) is 12.3 Å². The first kappa shape index (κ1) is 20.7. The topological polar surface area (TPSA) is 25.8 Å².